The normalized spacial score (nSPS) is 20.7. The largest absolute Gasteiger partial charge is 0.495 e. The number of hydrogen-bond donors (Lipinski definition) is 5. The summed E-state index contributed by atoms with van der Waals surface area (Å²) in [6.45, 7) is 5.51. The highest BCUT2D eigenvalue weighted by Gasteiger charge is 2.42. The Kier molecular flexibility index (Phi) is 14.9. The highest BCUT2D eigenvalue weighted by atomic mass is 16.5. The van der Waals surface area contributed by atoms with Gasteiger partial charge < -0.3 is 55.5 Å². The van der Waals surface area contributed by atoms with Gasteiger partial charge in [-0.1, -0.05) is 25.8 Å². The van der Waals surface area contributed by atoms with Crippen LogP contribution < -0.4 is 41.5 Å². The van der Waals surface area contributed by atoms with Crippen molar-refractivity contribution in [1.29, 1.82) is 0 Å². The van der Waals surface area contributed by atoms with Crippen molar-refractivity contribution in [3.05, 3.63) is 59.3 Å². The predicted octanol–water partition coefficient (Wildman–Crippen LogP) is 2.69. The molecule has 1 unspecified atom stereocenters. The van der Waals surface area contributed by atoms with E-state index < -0.39 is 23.9 Å². The molecule has 3 fully saturated rings. The zero-order valence-corrected chi connectivity index (χ0v) is 38.4. The second-order valence-corrected chi connectivity index (χ2v) is 17.7. The molecule has 20 heteroatoms. The Bertz CT molecular complexity index is 2350. The maximum absolute atomic E-state index is 13.4. The molecule has 20 nitrogen and oxygen atoms in total. The van der Waals surface area contributed by atoms with Gasteiger partial charge in [0.25, 0.3) is 11.8 Å². The predicted molar refractivity (Wildman–Crippen MR) is 248 cm³/mol. The molecule has 5 heterocycles. The first-order chi connectivity index (χ1) is 32.4. The third kappa shape index (κ3) is 10.5. The lowest BCUT2D eigenvalue weighted by Crippen LogP contribution is -2.55. The molecule has 358 valence electrons. The van der Waals surface area contributed by atoms with E-state index in [1.54, 1.807) is 61.7 Å². The van der Waals surface area contributed by atoms with E-state index in [1.807, 2.05) is 6.92 Å². The summed E-state index contributed by atoms with van der Waals surface area (Å²) < 4.78 is 17.1. The number of aromatic nitrogens is 2. The average molecular weight is 924 g/mol. The van der Waals surface area contributed by atoms with Crippen LogP contribution in [0.4, 0.5) is 28.8 Å². The fraction of sp³-hybridized carbons (Fsp3) is 0.532. The first-order valence-corrected chi connectivity index (χ1v) is 23.3. The molecule has 5 aliphatic rings. The molecule has 2 aromatic carbocycles. The number of nitrogens with one attached hydrogen (secondary N) is 4. The molecule has 0 radical (unpaired) electrons. The Morgan fingerprint density at radius 1 is 0.970 bits per heavy atom. The lowest BCUT2D eigenvalue weighted by Gasteiger charge is -2.43. The summed E-state index contributed by atoms with van der Waals surface area (Å²) in [7, 11) is 3.33. The third-order valence-electron chi connectivity index (χ3n) is 13.4. The van der Waals surface area contributed by atoms with Gasteiger partial charge in [0.2, 0.25) is 29.6 Å². The molecule has 2 saturated heterocycles. The summed E-state index contributed by atoms with van der Waals surface area (Å²) in [6, 6.07) is 8.49. The standard InChI is InChI=1S/C47H61N11O9/c1-4-36-46(64)55(2)38-25-49-47(54-41(38)58(36)30-8-5-6-9-30)52-35-13-12-28(24-39(35)65-3)42(60)50-29-16-18-56(19-17-29)20-21-66-22-23-67-27-33(48)43(61)51-34-11-7-10-31-32(34)26-57(45(31)63)37-14-15-40(59)53-44(37)62/h7,10-13,24-25,29-30,33,36-37H,4-6,8-9,14-23,26-27,48H2,1-3H3,(H,50,60)(H,51,61)(H,49,52,54)(H,53,59,62)/t33-,36+,37?/m0/s1. The molecule has 6 N–H and O–H groups in total. The van der Waals surface area contributed by atoms with Crippen LogP contribution in [0.3, 0.4) is 0 Å². The number of methoxy groups -OCH3 is 1. The number of ether oxygens (including phenoxy) is 3. The van der Waals surface area contributed by atoms with Crippen LogP contribution in [0.15, 0.2) is 42.6 Å². The van der Waals surface area contributed by atoms with Gasteiger partial charge in [-0.15, -0.1) is 0 Å². The van der Waals surface area contributed by atoms with Gasteiger partial charge in [-0.3, -0.25) is 34.1 Å². The van der Waals surface area contributed by atoms with Crippen molar-refractivity contribution in [2.24, 2.45) is 5.73 Å². The number of hydrogen-bond acceptors (Lipinski definition) is 15. The molecule has 3 atom stereocenters. The van der Waals surface area contributed by atoms with Crippen molar-refractivity contribution < 1.29 is 43.0 Å². The van der Waals surface area contributed by atoms with Gasteiger partial charge in [0.15, 0.2) is 5.82 Å². The average Bonchev–Trinajstić information content (AvgIpc) is 3.99. The highest BCUT2D eigenvalue weighted by Crippen LogP contribution is 2.40. The first kappa shape index (κ1) is 47.3. The van der Waals surface area contributed by atoms with Crippen molar-refractivity contribution in [3.63, 3.8) is 0 Å². The molecule has 67 heavy (non-hydrogen) atoms. The minimum Gasteiger partial charge on any atom is -0.495 e. The molecule has 1 saturated carbocycles. The van der Waals surface area contributed by atoms with Gasteiger partial charge in [0.1, 0.15) is 29.6 Å². The second-order valence-electron chi connectivity index (χ2n) is 17.7. The number of fused-ring (bicyclic) bond motifs is 2. The van der Waals surface area contributed by atoms with E-state index in [9.17, 15) is 28.8 Å². The molecule has 8 rings (SSSR count). The molecular weight excluding hydrogens is 863 g/mol. The van der Waals surface area contributed by atoms with Crippen molar-refractivity contribution >= 4 is 64.3 Å². The van der Waals surface area contributed by atoms with E-state index in [2.05, 4.69) is 36.1 Å². The quantitative estimate of drug-likeness (QED) is 0.0910. The number of piperidine rings is 2. The van der Waals surface area contributed by atoms with Crippen molar-refractivity contribution in [1.82, 2.24) is 30.4 Å². The Hall–Kier alpha value is -6.22. The van der Waals surface area contributed by atoms with Gasteiger partial charge in [0.05, 0.1) is 45.4 Å². The van der Waals surface area contributed by atoms with Crippen LogP contribution in [0.25, 0.3) is 0 Å². The van der Waals surface area contributed by atoms with Gasteiger partial charge >= 0.3 is 0 Å². The van der Waals surface area contributed by atoms with Gasteiger partial charge in [-0.2, -0.15) is 4.98 Å². The number of nitrogens with two attached hydrogens (primary N) is 1. The number of benzene rings is 2. The van der Waals surface area contributed by atoms with Crippen LogP contribution in [-0.2, 0) is 35.2 Å². The van der Waals surface area contributed by atoms with E-state index in [0.29, 0.717) is 65.1 Å². The van der Waals surface area contributed by atoms with Crippen LogP contribution >= 0.6 is 0 Å². The van der Waals surface area contributed by atoms with E-state index in [0.717, 1.165) is 64.0 Å². The molecule has 4 aliphatic heterocycles. The SMILES string of the molecule is CC[C@@H]1C(=O)N(C)c2cnc(Nc3ccc(C(=O)NC4CCN(CCOCCOC[C@H](N)C(=O)Nc5cccc6c5CN(C5CCC(=O)NC5=O)C6=O)CC4)cc3OC)nc2N1C1CCCC1. The number of likely N-dealkylation sites (tertiary alicyclic amines) is 1. The Morgan fingerprint density at radius 2 is 1.75 bits per heavy atom. The summed E-state index contributed by atoms with van der Waals surface area (Å²) in [6.07, 6.45) is 8.67. The summed E-state index contributed by atoms with van der Waals surface area (Å²) in [5.41, 5.74) is 9.31. The smallest absolute Gasteiger partial charge is 0.255 e. The van der Waals surface area contributed by atoms with Crippen LogP contribution in [0.5, 0.6) is 5.75 Å². The minimum atomic E-state index is -0.973. The van der Waals surface area contributed by atoms with E-state index in [4.69, 9.17) is 24.9 Å². The van der Waals surface area contributed by atoms with Crippen LogP contribution in [-0.4, -0.2) is 146 Å². The Balaban J connectivity index is 0.728. The van der Waals surface area contributed by atoms with Crippen LogP contribution in [0.2, 0.25) is 0 Å². The third-order valence-corrected chi connectivity index (χ3v) is 13.4. The molecule has 6 amide bonds. The molecule has 0 spiro atoms. The molecule has 0 bridgehead atoms. The monoisotopic (exact) mass is 923 g/mol. The van der Waals surface area contributed by atoms with Crippen molar-refractivity contribution in [2.45, 2.75) is 101 Å². The number of nitrogens with zero attached hydrogens (tertiary/aromatic N) is 6. The molecule has 1 aromatic heterocycles. The topological polar surface area (TPSA) is 243 Å². The summed E-state index contributed by atoms with van der Waals surface area (Å²) in [5.74, 6) is -0.202. The second kappa shape index (κ2) is 21.2. The Labute approximate surface area is 389 Å². The molecular formula is C47H61N11O9. The number of imide groups is 1. The van der Waals surface area contributed by atoms with Gasteiger partial charge in [-0.25, -0.2) is 4.98 Å². The Morgan fingerprint density at radius 3 is 2.49 bits per heavy atom. The van der Waals surface area contributed by atoms with Gasteiger partial charge in [-0.05, 0) is 68.9 Å². The van der Waals surface area contributed by atoms with E-state index >= 15 is 0 Å². The first-order valence-electron chi connectivity index (χ1n) is 23.3. The zero-order valence-electron chi connectivity index (χ0n) is 38.4. The number of carbonyl (C=O) groups is 6. The maximum Gasteiger partial charge on any atom is 0.255 e. The maximum atomic E-state index is 13.4. The fourth-order valence-corrected chi connectivity index (χ4v) is 9.70. The summed E-state index contributed by atoms with van der Waals surface area (Å²) in [4.78, 5) is 93.9. The minimum absolute atomic E-state index is 0.0183. The summed E-state index contributed by atoms with van der Waals surface area (Å²) >= 11 is 0. The fourth-order valence-electron chi connectivity index (χ4n) is 9.70. The van der Waals surface area contributed by atoms with Gasteiger partial charge in [0, 0.05) is 74.1 Å². The lowest BCUT2D eigenvalue weighted by atomic mass is 10.0. The highest BCUT2D eigenvalue weighted by molar-refractivity contribution is 6.07. The summed E-state index contributed by atoms with van der Waals surface area (Å²) in [5, 5.41) is 11.6. The van der Waals surface area contributed by atoms with Crippen LogP contribution in [0, 0.1) is 0 Å². The molecule has 1 aliphatic carbocycles. The number of likely N-dealkylation sites (N-methyl/N-ethyl adjacent to an activating group) is 1. The number of amides is 6. The zero-order chi connectivity index (χ0) is 47.2. The number of carbonyl (C=O) groups excluding carboxylic acids is 6. The number of rotatable bonds is 18. The molecule has 3 aromatic rings. The van der Waals surface area contributed by atoms with Crippen molar-refractivity contribution in [3.8, 4) is 5.75 Å². The van der Waals surface area contributed by atoms with Crippen LogP contribution in [0.1, 0.15) is 91.0 Å². The lowest BCUT2D eigenvalue weighted by molar-refractivity contribution is -0.137. The number of anilines is 5. The van der Waals surface area contributed by atoms with E-state index in [-0.39, 0.29) is 74.4 Å². The van der Waals surface area contributed by atoms with E-state index in [1.165, 1.54) is 4.90 Å². The van der Waals surface area contributed by atoms with Crippen molar-refractivity contribution in [2.75, 3.05) is 80.7 Å².